The molecule has 0 saturated heterocycles. The van der Waals surface area contributed by atoms with Gasteiger partial charge in [-0.05, 0) is 18.2 Å². The summed E-state index contributed by atoms with van der Waals surface area (Å²) in [6.45, 7) is 0.126. The van der Waals surface area contributed by atoms with Crippen LogP contribution in [0.25, 0.3) is 0 Å². The molecule has 0 aliphatic heterocycles. The Morgan fingerprint density at radius 1 is 1.62 bits per heavy atom. The van der Waals surface area contributed by atoms with Crippen molar-refractivity contribution in [3.05, 3.63) is 23.8 Å². The second-order valence-electron chi connectivity index (χ2n) is 3.04. The number of phenolic OH excluding ortho intramolecular Hbond substituents is 1. The van der Waals surface area contributed by atoms with Crippen LogP contribution in [0.15, 0.2) is 18.2 Å². The Balaban J connectivity index is 2.77. The molecular weight excluding hydrogens is 228 g/mol. The number of carbonyl (C=O) groups is 1. The Bertz CT molecular complexity index is 421. The largest absolute Gasteiger partial charge is 0.504 e. The van der Waals surface area contributed by atoms with E-state index >= 15 is 0 Å². The van der Waals surface area contributed by atoms with Crippen molar-refractivity contribution in [2.45, 2.75) is 0 Å². The fraction of sp³-hybridized carbons (Fsp3) is 0.200. The van der Waals surface area contributed by atoms with Crippen molar-refractivity contribution >= 4 is 23.1 Å². The van der Waals surface area contributed by atoms with Crippen molar-refractivity contribution in [1.82, 2.24) is 5.32 Å². The predicted octanol–water partition coefficient (Wildman–Crippen LogP) is 0.417. The Hall–Kier alpha value is -1.82. The molecule has 16 heavy (non-hydrogen) atoms. The van der Waals surface area contributed by atoms with Crippen LogP contribution in [-0.4, -0.2) is 29.7 Å². The number of ether oxygens (including phenoxy) is 1. The number of amides is 1. The fourth-order valence-corrected chi connectivity index (χ4v) is 1.17. The zero-order chi connectivity index (χ0) is 12.1. The van der Waals surface area contributed by atoms with Gasteiger partial charge in [0, 0.05) is 5.56 Å². The summed E-state index contributed by atoms with van der Waals surface area (Å²) < 4.78 is 4.86. The third kappa shape index (κ3) is 3.09. The van der Waals surface area contributed by atoms with E-state index in [1.54, 1.807) is 0 Å². The van der Waals surface area contributed by atoms with Crippen LogP contribution < -0.4 is 15.8 Å². The van der Waals surface area contributed by atoms with Gasteiger partial charge >= 0.3 is 0 Å². The van der Waals surface area contributed by atoms with E-state index in [2.05, 4.69) is 17.5 Å². The van der Waals surface area contributed by atoms with Gasteiger partial charge < -0.3 is 20.9 Å². The highest BCUT2D eigenvalue weighted by Crippen LogP contribution is 2.25. The molecule has 86 valence electrons. The lowest BCUT2D eigenvalue weighted by atomic mass is 10.2. The molecule has 0 radical (unpaired) electrons. The molecule has 0 fully saturated rings. The van der Waals surface area contributed by atoms with Crippen LogP contribution in [0.3, 0.4) is 0 Å². The predicted molar refractivity (Wildman–Crippen MR) is 63.8 cm³/mol. The summed E-state index contributed by atoms with van der Waals surface area (Å²) in [6.07, 6.45) is 0. The van der Waals surface area contributed by atoms with Crippen LogP contribution >= 0.6 is 12.2 Å². The van der Waals surface area contributed by atoms with Crippen LogP contribution in [0.1, 0.15) is 10.4 Å². The van der Waals surface area contributed by atoms with Crippen molar-refractivity contribution in [3.63, 3.8) is 0 Å². The maximum atomic E-state index is 11.5. The van der Waals surface area contributed by atoms with Crippen molar-refractivity contribution in [1.29, 1.82) is 0 Å². The van der Waals surface area contributed by atoms with Crippen LogP contribution in [0.2, 0.25) is 0 Å². The van der Waals surface area contributed by atoms with Gasteiger partial charge in [-0.2, -0.15) is 0 Å². The number of benzene rings is 1. The van der Waals surface area contributed by atoms with Gasteiger partial charge in [-0.3, -0.25) is 4.79 Å². The van der Waals surface area contributed by atoms with Gasteiger partial charge in [0.05, 0.1) is 18.6 Å². The van der Waals surface area contributed by atoms with Gasteiger partial charge in [-0.25, -0.2) is 0 Å². The SMILES string of the molecule is COc1ccc(C(=O)NCC(N)=S)cc1O. The summed E-state index contributed by atoms with van der Waals surface area (Å²) in [5.74, 6) is -0.137. The molecule has 0 bridgehead atoms. The molecule has 4 N–H and O–H groups in total. The lowest BCUT2D eigenvalue weighted by molar-refractivity contribution is 0.0959. The average Bonchev–Trinajstić information content (AvgIpc) is 2.25. The lowest BCUT2D eigenvalue weighted by Gasteiger charge is -2.06. The molecule has 6 heteroatoms. The molecule has 1 amide bonds. The first-order valence-electron chi connectivity index (χ1n) is 4.48. The molecule has 0 saturated carbocycles. The minimum absolute atomic E-state index is 0.0922. The third-order valence-corrected chi connectivity index (χ3v) is 2.01. The molecule has 1 aromatic carbocycles. The molecule has 1 rings (SSSR count). The fourth-order valence-electron chi connectivity index (χ4n) is 1.10. The highest BCUT2D eigenvalue weighted by atomic mass is 32.1. The number of rotatable bonds is 4. The van der Waals surface area contributed by atoms with Crippen molar-refractivity contribution in [2.75, 3.05) is 13.7 Å². The first-order chi connectivity index (χ1) is 7.54. The molecule has 0 aliphatic rings. The molecule has 0 unspecified atom stereocenters. The van der Waals surface area contributed by atoms with E-state index in [1.807, 2.05) is 0 Å². The monoisotopic (exact) mass is 240 g/mol. The van der Waals surface area contributed by atoms with Gasteiger partial charge in [0.1, 0.15) is 0 Å². The molecule has 1 aromatic rings. The highest BCUT2D eigenvalue weighted by Gasteiger charge is 2.09. The number of nitrogens with two attached hydrogens (primary N) is 1. The molecule has 0 atom stereocenters. The van der Waals surface area contributed by atoms with Crippen molar-refractivity contribution in [2.24, 2.45) is 5.73 Å². The van der Waals surface area contributed by atoms with Gasteiger partial charge in [-0.1, -0.05) is 12.2 Å². The quantitative estimate of drug-likeness (QED) is 0.664. The van der Waals surface area contributed by atoms with Crippen LogP contribution in [0, 0.1) is 0 Å². The zero-order valence-corrected chi connectivity index (χ0v) is 9.50. The zero-order valence-electron chi connectivity index (χ0n) is 8.69. The number of nitrogens with one attached hydrogen (secondary N) is 1. The standard InChI is InChI=1S/C10H12N2O3S/c1-15-8-3-2-6(4-7(8)13)10(14)12-5-9(11)16/h2-4,13H,5H2,1H3,(H2,11,16)(H,12,14). The lowest BCUT2D eigenvalue weighted by Crippen LogP contribution is -2.32. The second-order valence-corrected chi connectivity index (χ2v) is 3.56. The van der Waals surface area contributed by atoms with Crippen LogP contribution in [-0.2, 0) is 0 Å². The van der Waals surface area contributed by atoms with E-state index < -0.39 is 0 Å². The molecule has 0 spiro atoms. The molecule has 0 heterocycles. The summed E-state index contributed by atoms with van der Waals surface area (Å²) >= 11 is 4.62. The van der Waals surface area contributed by atoms with Crippen molar-refractivity contribution < 1.29 is 14.6 Å². The number of phenols is 1. The molecule has 0 aromatic heterocycles. The van der Waals surface area contributed by atoms with E-state index in [0.29, 0.717) is 11.3 Å². The number of hydrogen-bond donors (Lipinski definition) is 3. The van der Waals surface area contributed by atoms with Gasteiger partial charge in [-0.15, -0.1) is 0 Å². The van der Waals surface area contributed by atoms with Gasteiger partial charge in [0.2, 0.25) is 0 Å². The summed E-state index contributed by atoms with van der Waals surface area (Å²) in [5, 5.41) is 12.0. The van der Waals surface area contributed by atoms with E-state index in [9.17, 15) is 9.90 Å². The minimum Gasteiger partial charge on any atom is -0.504 e. The summed E-state index contributed by atoms with van der Waals surface area (Å²) in [5.41, 5.74) is 5.56. The Morgan fingerprint density at radius 2 is 2.31 bits per heavy atom. The number of carbonyl (C=O) groups excluding carboxylic acids is 1. The summed E-state index contributed by atoms with van der Waals surface area (Å²) in [4.78, 5) is 11.7. The molecule has 0 aliphatic carbocycles. The first-order valence-corrected chi connectivity index (χ1v) is 4.89. The van der Waals surface area contributed by atoms with Gasteiger partial charge in [0.25, 0.3) is 5.91 Å². The minimum atomic E-state index is -0.356. The number of aromatic hydroxyl groups is 1. The van der Waals surface area contributed by atoms with E-state index in [4.69, 9.17) is 10.5 Å². The van der Waals surface area contributed by atoms with Crippen LogP contribution in [0.5, 0.6) is 11.5 Å². The second kappa shape index (κ2) is 5.32. The summed E-state index contributed by atoms with van der Waals surface area (Å²) in [6, 6.07) is 4.35. The Kier molecular flexibility index (Phi) is 4.07. The normalized spacial score (nSPS) is 9.56. The van der Waals surface area contributed by atoms with Crippen LogP contribution in [0.4, 0.5) is 0 Å². The molecule has 5 nitrogen and oxygen atoms in total. The summed E-state index contributed by atoms with van der Waals surface area (Å²) in [7, 11) is 1.43. The topological polar surface area (TPSA) is 84.6 Å². The van der Waals surface area contributed by atoms with E-state index in [-0.39, 0.29) is 23.2 Å². The van der Waals surface area contributed by atoms with Crippen molar-refractivity contribution in [3.8, 4) is 11.5 Å². The third-order valence-electron chi connectivity index (χ3n) is 1.86. The average molecular weight is 240 g/mol. The van der Waals surface area contributed by atoms with E-state index in [0.717, 1.165) is 0 Å². The number of hydrogen-bond acceptors (Lipinski definition) is 4. The maximum Gasteiger partial charge on any atom is 0.251 e. The maximum absolute atomic E-state index is 11.5. The Labute approximate surface area is 98.2 Å². The number of methoxy groups -OCH3 is 1. The molecular formula is C10H12N2O3S. The van der Waals surface area contributed by atoms with E-state index in [1.165, 1.54) is 25.3 Å². The first kappa shape index (κ1) is 12.3. The number of thiocarbonyl (C=S) groups is 1. The smallest absolute Gasteiger partial charge is 0.251 e. The Morgan fingerprint density at radius 3 is 2.81 bits per heavy atom. The van der Waals surface area contributed by atoms with Gasteiger partial charge in [0.15, 0.2) is 11.5 Å². The highest BCUT2D eigenvalue weighted by molar-refractivity contribution is 7.80.